The number of benzene rings is 1. The van der Waals surface area contributed by atoms with Crippen LogP contribution in [0, 0.1) is 0 Å². The van der Waals surface area contributed by atoms with E-state index in [9.17, 15) is 22.4 Å². The summed E-state index contributed by atoms with van der Waals surface area (Å²) in [6, 6.07) is 5.85. The van der Waals surface area contributed by atoms with E-state index in [1.807, 2.05) is 0 Å². The van der Waals surface area contributed by atoms with Crippen molar-refractivity contribution in [2.45, 2.75) is 24.9 Å². The lowest BCUT2D eigenvalue weighted by Gasteiger charge is -2.16. The van der Waals surface area contributed by atoms with E-state index in [1.54, 1.807) is 18.4 Å². The summed E-state index contributed by atoms with van der Waals surface area (Å²) in [6.45, 7) is -1.39. The van der Waals surface area contributed by atoms with Crippen LogP contribution in [0.3, 0.4) is 0 Å². The van der Waals surface area contributed by atoms with Gasteiger partial charge in [-0.25, -0.2) is 8.78 Å². The third kappa shape index (κ3) is 5.92. The average Bonchev–Trinajstić information content (AvgIpc) is 2.46. The summed E-state index contributed by atoms with van der Waals surface area (Å²) < 4.78 is 59.0. The van der Waals surface area contributed by atoms with Gasteiger partial charge in [0.15, 0.2) is 6.61 Å². The lowest BCUT2D eigenvalue weighted by atomic mass is 10.1. The quantitative estimate of drug-likeness (QED) is 0.396. The van der Waals surface area contributed by atoms with Crippen LogP contribution >= 0.6 is 12.0 Å². The number of ether oxygens (including phenoxy) is 1. The Morgan fingerprint density at radius 3 is 2.38 bits per heavy atom. The molecular formula is C13H14F4O3S. The molecule has 0 aliphatic heterocycles. The molecule has 8 heteroatoms. The molecule has 0 aromatic heterocycles. The molecule has 0 bridgehead atoms. The van der Waals surface area contributed by atoms with E-state index in [0.29, 0.717) is 12.7 Å². The zero-order valence-electron chi connectivity index (χ0n) is 11.1. The zero-order chi connectivity index (χ0) is 15.9. The number of rotatable bonds is 9. The molecule has 0 saturated carbocycles. The van der Waals surface area contributed by atoms with E-state index in [4.69, 9.17) is 4.18 Å². The van der Waals surface area contributed by atoms with Crippen molar-refractivity contribution in [1.82, 2.24) is 0 Å². The van der Waals surface area contributed by atoms with E-state index in [2.05, 4.69) is 4.74 Å². The Balaban J connectivity index is 2.56. The second kappa shape index (κ2) is 8.23. The molecule has 21 heavy (non-hydrogen) atoms. The third-order valence-corrected chi connectivity index (χ3v) is 2.92. The maximum atomic E-state index is 12.7. The Bertz CT molecular complexity index is 440. The normalized spacial score (nSPS) is 13.2. The minimum atomic E-state index is -4.19. The second-order valence-electron chi connectivity index (χ2n) is 4.14. The predicted octanol–water partition coefficient (Wildman–Crippen LogP) is 3.37. The van der Waals surface area contributed by atoms with E-state index >= 15 is 0 Å². The van der Waals surface area contributed by atoms with Gasteiger partial charge in [0.2, 0.25) is 0 Å². The van der Waals surface area contributed by atoms with Gasteiger partial charge in [-0.2, -0.15) is 8.78 Å². The third-order valence-electron chi connectivity index (χ3n) is 2.48. The monoisotopic (exact) mass is 326 g/mol. The minimum Gasteiger partial charge on any atom is -0.487 e. The fourth-order valence-electron chi connectivity index (χ4n) is 1.43. The summed E-state index contributed by atoms with van der Waals surface area (Å²) in [4.78, 5) is 10.7. The van der Waals surface area contributed by atoms with Crippen LogP contribution in [0.25, 0.3) is 0 Å². The van der Waals surface area contributed by atoms with E-state index in [0.717, 1.165) is 17.6 Å². The molecule has 1 rings (SSSR count). The smallest absolute Gasteiger partial charge is 0.340 e. The SMILES string of the molecule is CSOC(C=O)Cc1ccc(OCC(F)(F)C(F)F)cc1. The molecule has 0 radical (unpaired) electrons. The largest absolute Gasteiger partial charge is 0.487 e. The average molecular weight is 326 g/mol. The Morgan fingerprint density at radius 2 is 1.90 bits per heavy atom. The van der Waals surface area contributed by atoms with Gasteiger partial charge in [-0.05, 0) is 29.7 Å². The molecule has 0 spiro atoms. The number of hydrogen-bond acceptors (Lipinski definition) is 4. The summed E-state index contributed by atoms with van der Waals surface area (Å²) in [6.07, 6.45) is -1.73. The van der Waals surface area contributed by atoms with Gasteiger partial charge in [0.25, 0.3) is 0 Å². The van der Waals surface area contributed by atoms with Crippen molar-refractivity contribution in [2.75, 3.05) is 12.9 Å². The highest BCUT2D eigenvalue weighted by Gasteiger charge is 2.41. The fourth-order valence-corrected chi connectivity index (χ4v) is 1.79. The van der Waals surface area contributed by atoms with Gasteiger partial charge in [-0.1, -0.05) is 12.1 Å². The molecule has 0 saturated heterocycles. The van der Waals surface area contributed by atoms with Crippen LogP contribution < -0.4 is 4.74 Å². The Hall–Kier alpha value is -1.28. The van der Waals surface area contributed by atoms with Crippen molar-refractivity contribution in [2.24, 2.45) is 0 Å². The maximum absolute atomic E-state index is 12.7. The van der Waals surface area contributed by atoms with E-state index < -0.39 is 25.1 Å². The molecule has 0 amide bonds. The Morgan fingerprint density at radius 1 is 1.29 bits per heavy atom. The van der Waals surface area contributed by atoms with E-state index in [1.165, 1.54) is 12.1 Å². The van der Waals surface area contributed by atoms with Crippen LogP contribution in [-0.2, 0) is 15.4 Å². The van der Waals surface area contributed by atoms with Crippen LogP contribution in [-0.4, -0.2) is 37.6 Å². The van der Waals surface area contributed by atoms with Gasteiger partial charge < -0.3 is 13.7 Å². The molecule has 0 fully saturated rings. The predicted molar refractivity (Wildman–Crippen MR) is 71.0 cm³/mol. The molecule has 0 aliphatic carbocycles. The summed E-state index contributed by atoms with van der Waals surface area (Å²) in [5.41, 5.74) is 0.731. The van der Waals surface area contributed by atoms with Crippen LogP contribution in [0.1, 0.15) is 5.56 Å². The lowest BCUT2D eigenvalue weighted by molar-refractivity contribution is -0.148. The number of alkyl halides is 4. The van der Waals surface area contributed by atoms with Crippen molar-refractivity contribution in [3.8, 4) is 5.75 Å². The molecule has 3 nitrogen and oxygen atoms in total. The van der Waals surface area contributed by atoms with Crippen molar-refractivity contribution < 1.29 is 31.3 Å². The number of aldehydes is 1. The maximum Gasteiger partial charge on any atom is 0.340 e. The summed E-state index contributed by atoms with van der Waals surface area (Å²) in [5.74, 6) is -4.14. The molecule has 1 atom stereocenters. The molecule has 0 aliphatic rings. The van der Waals surface area contributed by atoms with Crippen LogP contribution in [0.4, 0.5) is 17.6 Å². The van der Waals surface area contributed by atoms with Crippen molar-refractivity contribution >= 4 is 18.3 Å². The van der Waals surface area contributed by atoms with Gasteiger partial charge in [0, 0.05) is 12.7 Å². The van der Waals surface area contributed by atoms with Crippen molar-refractivity contribution in [3.63, 3.8) is 0 Å². The summed E-state index contributed by atoms with van der Waals surface area (Å²) in [7, 11) is 0. The van der Waals surface area contributed by atoms with Gasteiger partial charge in [0.1, 0.15) is 18.1 Å². The van der Waals surface area contributed by atoms with Gasteiger partial charge >= 0.3 is 12.3 Å². The first-order valence-electron chi connectivity index (χ1n) is 5.91. The topological polar surface area (TPSA) is 35.5 Å². The Labute approximate surface area is 123 Å². The highest BCUT2D eigenvalue weighted by Crippen LogP contribution is 2.24. The molecule has 1 unspecified atom stereocenters. The molecule has 118 valence electrons. The minimum absolute atomic E-state index is 0.0486. The van der Waals surface area contributed by atoms with Gasteiger partial charge in [0.05, 0.1) is 0 Å². The first-order chi connectivity index (χ1) is 9.89. The highest BCUT2D eigenvalue weighted by atomic mass is 32.2. The lowest BCUT2D eigenvalue weighted by Crippen LogP contribution is -2.33. The van der Waals surface area contributed by atoms with Crippen LogP contribution in [0.15, 0.2) is 24.3 Å². The number of halogens is 4. The number of hydrogen-bond donors (Lipinski definition) is 0. The standard InChI is InChI=1S/C13H14F4O3S/c1-21-20-11(7-18)6-9-2-4-10(5-3-9)19-8-13(16,17)12(14)15/h2-5,7,11-12H,6,8H2,1H3. The van der Waals surface area contributed by atoms with Crippen molar-refractivity contribution in [1.29, 1.82) is 0 Å². The second-order valence-corrected chi connectivity index (χ2v) is 4.66. The fraction of sp³-hybridized carbons (Fsp3) is 0.462. The molecule has 1 aromatic carbocycles. The first-order valence-corrected chi connectivity index (χ1v) is 7.06. The van der Waals surface area contributed by atoms with Crippen LogP contribution in [0.5, 0.6) is 5.75 Å². The molecule has 0 N–H and O–H groups in total. The molecular weight excluding hydrogens is 312 g/mol. The number of carbonyl (C=O) groups is 1. The first kappa shape index (κ1) is 17.8. The molecule has 1 aromatic rings. The van der Waals surface area contributed by atoms with Gasteiger partial charge in [-0.15, -0.1) is 0 Å². The Kier molecular flexibility index (Phi) is 6.97. The van der Waals surface area contributed by atoms with E-state index in [-0.39, 0.29) is 5.75 Å². The van der Waals surface area contributed by atoms with Crippen molar-refractivity contribution in [3.05, 3.63) is 29.8 Å². The summed E-state index contributed by atoms with van der Waals surface area (Å²) in [5, 5.41) is 0. The summed E-state index contributed by atoms with van der Waals surface area (Å²) >= 11 is 1.06. The number of carbonyl (C=O) groups excluding carboxylic acids is 1. The molecule has 0 heterocycles. The highest BCUT2D eigenvalue weighted by molar-refractivity contribution is 7.93. The zero-order valence-corrected chi connectivity index (χ0v) is 11.9. The van der Waals surface area contributed by atoms with Crippen LogP contribution in [0.2, 0.25) is 0 Å². The van der Waals surface area contributed by atoms with Gasteiger partial charge in [-0.3, -0.25) is 0 Å².